The molecule has 2 rings (SSSR count). The lowest BCUT2D eigenvalue weighted by molar-refractivity contribution is -0.136. The molecule has 2 aromatic rings. The second kappa shape index (κ2) is 6.65. The van der Waals surface area contributed by atoms with E-state index >= 15 is 0 Å². The van der Waals surface area contributed by atoms with Crippen LogP contribution in [-0.2, 0) is 22.4 Å². The minimum atomic E-state index is -0.887. The van der Waals surface area contributed by atoms with Gasteiger partial charge in [-0.25, -0.2) is 0 Å². The molecule has 1 amide bonds. The van der Waals surface area contributed by atoms with Gasteiger partial charge in [0.1, 0.15) is 0 Å². The van der Waals surface area contributed by atoms with Gasteiger partial charge in [0.2, 0.25) is 11.8 Å². The molecule has 0 atom stereocenters. The van der Waals surface area contributed by atoms with Crippen LogP contribution in [0.2, 0.25) is 0 Å². The monoisotopic (exact) mass is 289 g/mol. The fourth-order valence-electron chi connectivity index (χ4n) is 1.77. The molecule has 2 N–H and O–H groups in total. The zero-order valence-electron chi connectivity index (χ0n) is 11.5. The zero-order valence-corrected chi connectivity index (χ0v) is 11.5. The predicted octanol–water partition coefficient (Wildman–Crippen LogP) is 1.58. The first kappa shape index (κ1) is 14.7. The summed E-state index contributed by atoms with van der Waals surface area (Å²) in [5.74, 6) is -0.0858. The van der Waals surface area contributed by atoms with Gasteiger partial charge in [0, 0.05) is 18.5 Å². The Morgan fingerprint density at radius 2 is 2.00 bits per heavy atom. The molecular formula is C14H15N3O4. The summed E-state index contributed by atoms with van der Waals surface area (Å²) >= 11 is 0. The number of benzene rings is 1. The predicted molar refractivity (Wildman–Crippen MR) is 73.8 cm³/mol. The highest BCUT2D eigenvalue weighted by atomic mass is 16.5. The highest BCUT2D eigenvalue weighted by molar-refractivity contribution is 5.90. The Balaban J connectivity index is 1.83. The van der Waals surface area contributed by atoms with Crippen LogP contribution < -0.4 is 5.32 Å². The number of carboxylic acids is 1. The van der Waals surface area contributed by atoms with Gasteiger partial charge in [-0.15, -0.1) is 0 Å². The van der Waals surface area contributed by atoms with Crippen LogP contribution in [-0.4, -0.2) is 27.1 Å². The van der Waals surface area contributed by atoms with Crippen molar-refractivity contribution in [3.8, 4) is 0 Å². The summed E-state index contributed by atoms with van der Waals surface area (Å²) in [6.45, 7) is 1.71. The third-order valence-corrected chi connectivity index (χ3v) is 2.73. The molecule has 0 fully saturated rings. The maximum atomic E-state index is 11.8. The van der Waals surface area contributed by atoms with E-state index in [0.717, 1.165) is 0 Å². The average Bonchev–Trinajstić information content (AvgIpc) is 2.84. The maximum absolute atomic E-state index is 11.8. The number of nitrogens with one attached hydrogen (secondary N) is 1. The van der Waals surface area contributed by atoms with Crippen molar-refractivity contribution in [1.82, 2.24) is 10.1 Å². The van der Waals surface area contributed by atoms with Gasteiger partial charge < -0.3 is 14.9 Å². The molecule has 0 saturated heterocycles. The third kappa shape index (κ3) is 4.72. The van der Waals surface area contributed by atoms with Crippen LogP contribution in [0.3, 0.4) is 0 Å². The van der Waals surface area contributed by atoms with Crippen molar-refractivity contribution in [1.29, 1.82) is 0 Å². The molecule has 0 spiro atoms. The normalized spacial score (nSPS) is 10.3. The van der Waals surface area contributed by atoms with Crippen molar-refractivity contribution in [3.05, 3.63) is 41.5 Å². The van der Waals surface area contributed by atoms with E-state index in [-0.39, 0.29) is 18.7 Å². The number of aromatic nitrogens is 2. The van der Waals surface area contributed by atoms with Gasteiger partial charge >= 0.3 is 5.97 Å². The number of amides is 1. The molecule has 21 heavy (non-hydrogen) atoms. The Morgan fingerprint density at radius 3 is 2.57 bits per heavy atom. The van der Waals surface area contributed by atoms with Gasteiger partial charge in [0.05, 0.1) is 6.42 Å². The van der Waals surface area contributed by atoms with Crippen molar-refractivity contribution in [3.63, 3.8) is 0 Å². The molecule has 0 aliphatic carbocycles. The largest absolute Gasteiger partial charge is 0.481 e. The molecule has 0 bridgehead atoms. The molecule has 0 unspecified atom stereocenters. The van der Waals surface area contributed by atoms with Crippen LogP contribution >= 0.6 is 0 Å². The molecular weight excluding hydrogens is 274 g/mol. The third-order valence-electron chi connectivity index (χ3n) is 2.73. The molecule has 7 nitrogen and oxygen atoms in total. The van der Waals surface area contributed by atoms with E-state index in [1.54, 1.807) is 31.2 Å². The fourth-order valence-corrected chi connectivity index (χ4v) is 1.77. The van der Waals surface area contributed by atoms with Gasteiger partial charge in [-0.2, -0.15) is 4.98 Å². The van der Waals surface area contributed by atoms with E-state index in [9.17, 15) is 9.59 Å². The second-order valence-electron chi connectivity index (χ2n) is 4.55. The molecule has 0 saturated carbocycles. The number of anilines is 1. The number of hydrogen-bond acceptors (Lipinski definition) is 5. The van der Waals surface area contributed by atoms with Crippen LogP contribution in [0, 0.1) is 6.92 Å². The average molecular weight is 289 g/mol. The summed E-state index contributed by atoms with van der Waals surface area (Å²) in [5.41, 5.74) is 1.30. The Hall–Kier alpha value is -2.70. The summed E-state index contributed by atoms with van der Waals surface area (Å²) in [5, 5.41) is 15.0. The van der Waals surface area contributed by atoms with Crippen molar-refractivity contribution >= 4 is 17.6 Å². The van der Waals surface area contributed by atoms with E-state index in [1.165, 1.54) is 0 Å². The van der Waals surface area contributed by atoms with Gasteiger partial charge in [-0.1, -0.05) is 17.3 Å². The summed E-state index contributed by atoms with van der Waals surface area (Å²) in [4.78, 5) is 26.3. The van der Waals surface area contributed by atoms with E-state index in [1.807, 2.05) is 0 Å². The smallest absolute Gasteiger partial charge is 0.307 e. The highest BCUT2D eigenvalue weighted by Crippen LogP contribution is 2.11. The molecule has 110 valence electrons. The number of carbonyl (C=O) groups excluding carboxylic acids is 1. The lowest BCUT2D eigenvalue weighted by Gasteiger charge is -2.05. The zero-order chi connectivity index (χ0) is 15.2. The molecule has 0 radical (unpaired) electrons. The number of carboxylic acid groups (broad SMARTS) is 1. The molecule has 0 aliphatic heterocycles. The van der Waals surface area contributed by atoms with Crippen LogP contribution in [0.1, 0.15) is 23.7 Å². The van der Waals surface area contributed by atoms with Crippen molar-refractivity contribution < 1.29 is 19.2 Å². The second-order valence-corrected chi connectivity index (χ2v) is 4.55. The van der Waals surface area contributed by atoms with Gasteiger partial charge in [0.25, 0.3) is 0 Å². The van der Waals surface area contributed by atoms with E-state index in [0.29, 0.717) is 29.4 Å². The van der Waals surface area contributed by atoms with Crippen LogP contribution in [0.15, 0.2) is 28.8 Å². The number of aliphatic carboxylic acids is 1. The molecule has 0 aliphatic rings. The summed E-state index contributed by atoms with van der Waals surface area (Å²) in [6.07, 6.45) is 0.576. The fraction of sp³-hybridized carbons (Fsp3) is 0.286. The van der Waals surface area contributed by atoms with Gasteiger partial charge in [-0.3, -0.25) is 9.59 Å². The highest BCUT2D eigenvalue weighted by Gasteiger charge is 2.08. The Bertz CT molecular complexity index is 634. The maximum Gasteiger partial charge on any atom is 0.307 e. The first-order chi connectivity index (χ1) is 10.0. The van der Waals surface area contributed by atoms with Crippen molar-refractivity contribution in [2.24, 2.45) is 0 Å². The first-order valence-corrected chi connectivity index (χ1v) is 6.42. The number of hydrogen-bond donors (Lipinski definition) is 2. The number of nitrogens with zero attached hydrogens (tertiary/aromatic N) is 2. The van der Waals surface area contributed by atoms with Crippen molar-refractivity contribution in [2.75, 3.05) is 5.32 Å². The summed E-state index contributed by atoms with van der Waals surface area (Å²) in [6, 6.07) is 6.69. The minimum Gasteiger partial charge on any atom is -0.481 e. The SMILES string of the molecule is Cc1noc(CCC(=O)Nc2ccc(CC(=O)O)cc2)n1. The number of aryl methyl sites for hydroxylation is 2. The first-order valence-electron chi connectivity index (χ1n) is 6.42. The Kier molecular flexibility index (Phi) is 4.65. The molecule has 1 aromatic carbocycles. The van der Waals surface area contributed by atoms with Crippen LogP contribution in [0.25, 0.3) is 0 Å². The summed E-state index contributed by atoms with van der Waals surface area (Å²) in [7, 11) is 0. The summed E-state index contributed by atoms with van der Waals surface area (Å²) < 4.78 is 4.92. The van der Waals surface area contributed by atoms with Crippen LogP contribution in [0.4, 0.5) is 5.69 Å². The standard InChI is InChI=1S/C14H15N3O4/c1-9-15-13(21-17-9)7-6-12(18)16-11-4-2-10(3-5-11)8-14(19)20/h2-5H,6-8H2,1H3,(H,16,18)(H,19,20). The Labute approximate surface area is 121 Å². The van der Waals surface area contributed by atoms with Crippen LogP contribution in [0.5, 0.6) is 0 Å². The number of carbonyl (C=O) groups is 2. The minimum absolute atomic E-state index is 0.0370. The Morgan fingerprint density at radius 1 is 1.29 bits per heavy atom. The molecule has 1 heterocycles. The number of rotatable bonds is 6. The van der Waals surface area contributed by atoms with Gasteiger partial charge in [0.15, 0.2) is 5.82 Å². The topological polar surface area (TPSA) is 105 Å². The lowest BCUT2D eigenvalue weighted by Crippen LogP contribution is -2.12. The molecule has 1 aromatic heterocycles. The van der Waals surface area contributed by atoms with E-state index in [2.05, 4.69) is 15.5 Å². The van der Waals surface area contributed by atoms with Gasteiger partial charge in [-0.05, 0) is 24.6 Å². The van der Waals surface area contributed by atoms with Crippen molar-refractivity contribution in [2.45, 2.75) is 26.2 Å². The van der Waals surface area contributed by atoms with E-state index in [4.69, 9.17) is 9.63 Å². The van der Waals surface area contributed by atoms with E-state index < -0.39 is 5.97 Å². The quantitative estimate of drug-likeness (QED) is 0.836. The lowest BCUT2D eigenvalue weighted by atomic mass is 10.1. The molecule has 7 heteroatoms.